The second-order valence-corrected chi connectivity index (χ2v) is 17.8. The van der Waals surface area contributed by atoms with E-state index in [9.17, 15) is 29.1 Å². The van der Waals surface area contributed by atoms with E-state index in [0.717, 1.165) is 27.8 Å². The molecule has 3 amide bonds. The number of nitrogens with zero attached hydrogens (tertiary/aromatic N) is 2. The van der Waals surface area contributed by atoms with E-state index in [-0.39, 0.29) is 39.1 Å². The highest BCUT2D eigenvalue weighted by Gasteiger charge is 2.49. The van der Waals surface area contributed by atoms with Crippen molar-refractivity contribution in [1.82, 2.24) is 15.1 Å². The van der Waals surface area contributed by atoms with Crippen molar-refractivity contribution in [2.45, 2.75) is 77.7 Å². The molecule has 16 nitrogen and oxygen atoms in total. The third-order valence-corrected chi connectivity index (χ3v) is 12.3. The number of hydrogen-bond donors (Lipinski definition) is 2. The average molecular weight is 1040 g/mol. The summed E-state index contributed by atoms with van der Waals surface area (Å²) in [6, 6.07) is 59.9. The quantitative estimate of drug-likeness (QED) is 0.0529. The molecule has 2 aliphatic heterocycles. The van der Waals surface area contributed by atoms with Gasteiger partial charge in [-0.25, -0.2) is 19.2 Å². The van der Waals surface area contributed by atoms with E-state index in [1.807, 2.05) is 152 Å². The molecule has 0 saturated carbocycles. The van der Waals surface area contributed by atoms with Crippen LogP contribution in [0.25, 0.3) is 0 Å². The summed E-state index contributed by atoms with van der Waals surface area (Å²) >= 11 is 0. The highest BCUT2D eigenvalue weighted by molar-refractivity contribution is 6.01. The van der Waals surface area contributed by atoms with Gasteiger partial charge in [-0.05, 0) is 97.1 Å². The predicted molar refractivity (Wildman–Crippen MR) is 285 cm³/mol. The van der Waals surface area contributed by atoms with Crippen molar-refractivity contribution in [3.8, 4) is 11.5 Å². The van der Waals surface area contributed by atoms with E-state index >= 15 is 0 Å². The molecule has 7 aromatic carbocycles. The lowest BCUT2D eigenvalue weighted by atomic mass is 9.99. The maximum atomic E-state index is 12.5. The largest absolute Gasteiger partial charge is 0.489 e. The van der Waals surface area contributed by atoms with Crippen LogP contribution >= 0.6 is 0 Å². The van der Waals surface area contributed by atoms with Crippen molar-refractivity contribution < 1.29 is 62.2 Å². The molecule has 7 aromatic rings. The number of carbonyl (C=O) groups is 5. The number of carbonyl (C=O) groups excluding carboxylic acids is 5. The number of alkyl carbamates (subject to hydrolysis) is 1. The number of esters is 1. The smallest absolute Gasteiger partial charge is 0.413 e. The Kier molecular flexibility index (Phi) is 20.3. The lowest BCUT2D eigenvalue weighted by Gasteiger charge is -2.28. The van der Waals surface area contributed by atoms with Gasteiger partial charge in [-0.2, -0.15) is 0 Å². The van der Waals surface area contributed by atoms with Crippen LogP contribution in [-0.2, 0) is 67.3 Å². The topological polar surface area (TPSA) is 189 Å². The third kappa shape index (κ3) is 16.5. The monoisotopic (exact) mass is 1040 g/mol. The molecule has 0 aliphatic carbocycles. The van der Waals surface area contributed by atoms with Gasteiger partial charge in [0.25, 0.3) is 0 Å². The fourth-order valence-corrected chi connectivity index (χ4v) is 7.70. The average Bonchev–Trinajstić information content (AvgIpc) is 4.03. The molecule has 16 heteroatoms. The van der Waals surface area contributed by atoms with Crippen molar-refractivity contribution in [2.75, 3.05) is 13.5 Å². The van der Waals surface area contributed by atoms with Crippen LogP contribution in [0.1, 0.15) is 64.5 Å². The molecule has 0 aromatic heterocycles. The fourth-order valence-electron chi connectivity index (χ4n) is 7.70. The van der Waals surface area contributed by atoms with Gasteiger partial charge in [-0.1, -0.05) is 152 Å². The van der Waals surface area contributed by atoms with Crippen molar-refractivity contribution >= 4 is 30.0 Å². The number of nitrogens with one attached hydrogen (secondary N) is 1. The minimum atomic E-state index is -1.62. The summed E-state index contributed by atoms with van der Waals surface area (Å²) in [5, 5.41) is 13.7. The SMILES string of the molecule is C[C@@H]1N(C(=O)OCc2ccccc2)COC1(O)c1ccc(OCc2ccccc2)cc1.C[C@H](NC(=O)OCc1ccccc1)C(=O)c1ccc(OCc2ccccc2)cc1.C[C@H]1C(=O)OCN1C(=O)OCc1ccccc1. The normalized spacial score (nSPS) is 16.7. The molecule has 2 saturated heterocycles. The van der Waals surface area contributed by atoms with Crippen molar-refractivity contribution in [1.29, 1.82) is 0 Å². The predicted octanol–water partition coefficient (Wildman–Crippen LogP) is 10.7. The molecule has 2 fully saturated rings. The minimum absolute atomic E-state index is 0.0341. The van der Waals surface area contributed by atoms with Gasteiger partial charge in [-0.15, -0.1) is 0 Å². The van der Waals surface area contributed by atoms with Gasteiger partial charge in [0.05, 0.1) is 12.1 Å². The molecule has 0 radical (unpaired) electrons. The first-order valence-electron chi connectivity index (χ1n) is 24.9. The van der Waals surface area contributed by atoms with Gasteiger partial charge < -0.3 is 43.6 Å². The van der Waals surface area contributed by atoms with E-state index in [1.165, 1.54) is 9.80 Å². The van der Waals surface area contributed by atoms with Gasteiger partial charge in [0.1, 0.15) is 57.3 Å². The van der Waals surface area contributed by atoms with E-state index < -0.39 is 48.2 Å². The summed E-state index contributed by atoms with van der Waals surface area (Å²) in [7, 11) is 0. The van der Waals surface area contributed by atoms with E-state index in [2.05, 4.69) is 5.32 Å². The lowest BCUT2D eigenvalue weighted by Crippen LogP contribution is -2.43. The maximum Gasteiger partial charge on any atom is 0.413 e. The number of ether oxygens (including phenoxy) is 7. The van der Waals surface area contributed by atoms with Crippen molar-refractivity contribution in [3.05, 3.63) is 239 Å². The van der Waals surface area contributed by atoms with Crippen LogP contribution in [0.5, 0.6) is 11.5 Å². The molecule has 398 valence electrons. The second-order valence-electron chi connectivity index (χ2n) is 17.8. The number of rotatable bonds is 16. The molecule has 9 rings (SSSR count). The Morgan fingerprint density at radius 2 is 0.935 bits per heavy atom. The summed E-state index contributed by atoms with van der Waals surface area (Å²) in [5.41, 5.74) is 5.86. The van der Waals surface area contributed by atoms with E-state index in [4.69, 9.17) is 33.2 Å². The zero-order valence-electron chi connectivity index (χ0n) is 43.0. The number of benzene rings is 7. The lowest BCUT2D eigenvalue weighted by molar-refractivity contribution is -0.185. The Hall–Kier alpha value is -8.99. The van der Waals surface area contributed by atoms with Gasteiger partial charge in [0.2, 0.25) is 5.79 Å². The maximum absolute atomic E-state index is 12.5. The molecule has 2 aliphatic rings. The van der Waals surface area contributed by atoms with Crippen LogP contribution in [0, 0.1) is 0 Å². The zero-order valence-corrected chi connectivity index (χ0v) is 43.0. The van der Waals surface area contributed by atoms with Crippen LogP contribution < -0.4 is 14.8 Å². The number of aliphatic hydroxyl groups is 1. The van der Waals surface area contributed by atoms with E-state index in [0.29, 0.717) is 35.8 Å². The first-order valence-corrected chi connectivity index (χ1v) is 24.9. The molecule has 0 bridgehead atoms. The highest BCUT2D eigenvalue weighted by Crippen LogP contribution is 2.36. The fraction of sp³-hybridized carbons (Fsp3) is 0.230. The Morgan fingerprint density at radius 1 is 0.545 bits per heavy atom. The van der Waals surface area contributed by atoms with Crippen LogP contribution in [0.2, 0.25) is 0 Å². The summed E-state index contributed by atoms with van der Waals surface area (Å²) in [5.74, 6) is -0.865. The van der Waals surface area contributed by atoms with Crippen LogP contribution in [0.15, 0.2) is 200 Å². The molecule has 0 spiro atoms. The molecular formula is C61H61N3O13. The Morgan fingerprint density at radius 3 is 1.35 bits per heavy atom. The van der Waals surface area contributed by atoms with Crippen molar-refractivity contribution in [2.24, 2.45) is 0 Å². The van der Waals surface area contributed by atoms with Crippen molar-refractivity contribution in [3.63, 3.8) is 0 Å². The summed E-state index contributed by atoms with van der Waals surface area (Å²) in [6.45, 7) is 6.30. The minimum Gasteiger partial charge on any atom is -0.489 e. The van der Waals surface area contributed by atoms with Gasteiger partial charge in [0, 0.05) is 11.1 Å². The Balaban J connectivity index is 0.000000175. The first kappa shape index (κ1) is 55.8. The summed E-state index contributed by atoms with van der Waals surface area (Å²) in [6.07, 6.45) is -1.69. The Bertz CT molecular complexity index is 2950. The van der Waals surface area contributed by atoms with Crippen LogP contribution in [0.4, 0.5) is 14.4 Å². The second kappa shape index (κ2) is 28.1. The summed E-state index contributed by atoms with van der Waals surface area (Å²) in [4.78, 5) is 62.4. The van der Waals surface area contributed by atoms with Gasteiger partial charge >= 0.3 is 24.2 Å². The van der Waals surface area contributed by atoms with Gasteiger partial charge in [0.15, 0.2) is 12.5 Å². The molecule has 2 heterocycles. The number of hydrogen-bond acceptors (Lipinski definition) is 13. The number of cyclic esters (lactones) is 1. The molecule has 4 atom stereocenters. The van der Waals surface area contributed by atoms with Gasteiger partial charge in [-0.3, -0.25) is 14.6 Å². The third-order valence-electron chi connectivity index (χ3n) is 12.3. The molecule has 2 N–H and O–H groups in total. The highest BCUT2D eigenvalue weighted by atomic mass is 16.7. The first-order chi connectivity index (χ1) is 37.4. The van der Waals surface area contributed by atoms with Crippen LogP contribution in [-0.4, -0.2) is 76.5 Å². The molecule has 77 heavy (non-hydrogen) atoms. The molecule has 1 unspecified atom stereocenters. The standard InChI is InChI=1S/C25H25NO5.C24H23NO4.C12H13NO4/c1-19-25(28,31-18-26(19)24(27)30-17-21-10-6-3-7-11-21)22-12-14-23(15-13-22)29-16-20-8-4-2-5-9-20;1-18(25-24(27)29-17-20-10-6-3-7-11-20)23(26)21-12-14-22(15-13-21)28-16-19-8-4-2-5-9-19;1-9-11(14)17-8-13(9)12(15)16-7-10-5-3-2-4-6-10/h2-15,19,28H,16-18H2,1H3;2-15,18H,16-17H2,1H3,(H,25,27);2-6,9H,7-8H2,1H3/t19-,25?;18-;9-/m000/s1. The van der Waals surface area contributed by atoms with Crippen LogP contribution in [0.3, 0.4) is 0 Å². The molecular weight excluding hydrogens is 983 g/mol. The zero-order chi connectivity index (χ0) is 54.4. The van der Waals surface area contributed by atoms with E-state index in [1.54, 1.807) is 69.3 Å². The summed E-state index contributed by atoms with van der Waals surface area (Å²) < 4.78 is 37.5. The Labute approximate surface area is 447 Å². The number of amides is 3. The number of ketones is 1. The number of Topliss-reactive ketones (excluding diaryl/α,β-unsaturated/α-hetero) is 1.